The first-order valence-corrected chi connectivity index (χ1v) is 6.70. The van der Waals surface area contributed by atoms with Gasteiger partial charge in [0.1, 0.15) is 5.03 Å². The van der Waals surface area contributed by atoms with E-state index in [2.05, 4.69) is 24.1 Å². The summed E-state index contributed by atoms with van der Waals surface area (Å²) in [6, 6.07) is 5.99. The van der Waals surface area contributed by atoms with Crippen molar-refractivity contribution in [2.45, 2.75) is 23.6 Å². The highest BCUT2D eigenvalue weighted by molar-refractivity contribution is 8.77. The van der Waals surface area contributed by atoms with Crippen molar-refractivity contribution in [2.75, 3.05) is 13.6 Å². The van der Waals surface area contributed by atoms with Gasteiger partial charge in [-0.05, 0) is 43.8 Å². The minimum Gasteiger partial charge on any atom is -0.318 e. The highest BCUT2D eigenvalue weighted by Crippen LogP contribution is 2.39. The molecule has 1 aromatic rings. The van der Waals surface area contributed by atoms with Gasteiger partial charge in [-0.15, -0.1) is 0 Å². The molecule has 0 atom stereocenters. The summed E-state index contributed by atoms with van der Waals surface area (Å²) in [4.78, 5) is 4.26. The lowest BCUT2D eigenvalue weighted by atomic mass is 10.2. The van der Waals surface area contributed by atoms with E-state index in [9.17, 15) is 0 Å². The lowest BCUT2D eigenvalue weighted by Gasteiger charge is -2.22. The molecule has 0 radical (unpaired) electrons. The lowest BCUT2D eigenvalue weighted by Crippen LogP contribution is -2.28. The van der Waals surface area contributed by atoms with Crippen LogP contribution in [0.1, 0.15) is 13.8 Å². The fourth-order valence-corrected chi connectivity index (χ4v) is 3.16. The average Bonchev–Trinajstić information content (AvgIpc) is 2.17. The summed E-state index contributed by atoms with van der Waals surface area (Å²) in [5, 5.41) is 4.26. The van der Waals surface area contributed by atoms with Gasteiger partial charge in [-0.1, -0.05) is 16.9 Å². The molecule has 0 bridgehead atoms. The Morgan fingerprint density at radius 1 is 1.43 bits per heavy atom. The fraction of sp³-hybridized carbons (Fsp3) is 0.500. The zero-order valence-electron chi connectivity index (χ0n) is 8.78. The van der Waals surface area contributed by atoms with Crippen molar-refractivity contribution < 1.29 is 0 Å². The second-order valence-corrected chi connectivity index (χ2v) is 6.48. The summed E-state index contributed by atoms with van der Waals surface area (Å²) in [6.45, 7) is 5.45. The Hall–Kier alpha value is -0.190. The van der Waals surface area contributed by atoms with E-state index in [0.29, 0.717) is 0 Å². The first-order chi connectivity index (χ1) is 6.64. The summed E-state index contributed by atoms with van der Waals surface area (Å²) in [7, 11) is 5.56. The molecule has 0 fully saturated rings. The maximum absolute atomic E-state index is 4.26. The smallest absolute Gasteiger partial charge is 0.106 e. The second-order valence-electron chi connectivity index (χ2n) is 3.62. The van der Waals surface area contributed by atoms with E-state index >= 15 is 0 Å². The average molecular weight is 228 g/mol. The maximum atomic E-state index is 4.26. The third-order valence-corrected chi connectivity index (χ3v) is 4.80. The largest absolute Gasteiger partial charge is 0.318 e. The number of nitrogens with one attached hydrogen (secondary N) is 1. The third-order valence-electron chi connectivity index (χ3n) is 1.59. The molecule has 1 rings (SSSR count). The number of hydrogen-bond donors (Lipinski definition) is 1. The van der Waals surface area contributed by atoms with Gasteiger partial charge in [0.15, 0.2) is 0 Å². The van der Waals surface area contributed by atoms with Crippen LogP contribution in [0.2, 0.25) is 0 Å². The van der Waals surface area contributed by atoms with Gasteiger partial charge in [0, 0.05) is 17.5 Å². The van der Waals surface area contributed by atoms with Crippen LogP contribution in [0.4, 0.5) is 0 Å². The van der Waals surface area contributed by atoms with Crippen LogP contribution in [0.15, 0.2) is 29.4 Å². The van der Waals surface area contributed by atoms with E-state index in [1.54, 1.807) is 10.8 Å². The number of hydrogen-bond acceptors (Lipinski definition) is 4. The van der Waals surface area contributed by atoms with Gasteiger partial charge in [0.25, 0.3) is 0 Å². The maximum Gasteiger partial charge on any atom is 0.106 e. The Bertz CT molecular complexity index is 262. The Morgan fingerprint density at radius 2 is 2.21 bits per heavy atom. The van der Waals surface area contributed by atoms with Gasteiger partial charge >= 0.3 is 0 Å². The first-order valence-electron chi connectivity index (χ1n) is 4.55. The van der Waals surface area contributed by atoms with Crippen LogP contribution in [0.3, 0.4) is 0 Å². The SMILES string of the molecule is CNCC(C)(C)SSc1ccccn1. The van der Waals surface area contributed by atoms with Gasteiger partial charge < -0.3 is 5.32 Å². The zero-order chi connectivity index (χ0) is 10.4. The predicted octanol–water partition coefficient (Wildman–Crippen LogP) is 2.82. The normalized spacial score (nSPS) is 11.6. The molecule has 0 saturated carbocycles. The molecule has 4 heteroatoms. The standard InChI is InChI=1S/C10H16N2S2/c1-10(2,8-11-3)14-13-9-6-4-5-7-12-9/h4-7,11H,8H2,1-3H3. The van der Waals surface area contributed by atoms with Gasteiger partial charge in [-0.2, -0.15) is 0 Å². The summed E-state index contributed by atoms with van der Waals surface area (Å²) < 4.78 is 0.233. The van der Waals surface area contributed by atoms with Gasteiger partial charge in [-0.25, -0.2) is 4.98 Å². The molecule has 0 spiro atoms. The van der Waals surface area contributed by atoms with Crippen molar-refractivity contribution in [3.8, 4) is 0 Å². The van der Waals surface area contributed by atoms with Crippen LogP contribution in [-0.2, 0) is 0 Å². The quantitative estimate of drug-likeness (QED) is 0.783. The van der Waals surface area contributed by atoms with E-state index in [1.165, 1.54) is 0 Å². The highest BCUT2D eigenvalue weighted by Gasteiger charge is 2.18. The Labute approximate surface area is 93.7 Å². The molecule has 1 aromatic heterocycles. The molecule has 0 unspecified atom stereocenters. The van der Waals surface area contributed by atoms with E-state index in [4.69, 9.17) is 0 Å². The van der Waals surface area contributed by atoms with Crippen LogP contribution in [0.5, 0.6) is 0 Å². The fourth-order valence-electron chi connectivity index (χ4n) is 1.01. The minimum absolute atomic E-state index is 0.233. The lowest BCUT2D eigenvalue weighted by molar-refractivity contribution is 0.646. The third kappa shape index (κ3) is 4.35. The summed E-state index contributed by atoms with van der Waals surface area (Å²) in [5.74, 6) is 0. The molecule has 2 nitrogen and oxygen atoms in total. The van der Waals surface area contributed by atoms with Crippen LogP contribution in [-0.4, -0.2) is 23.3 Å². The van der Waals surface area contributed by atoms with Gasteiger partial charge in [-0.3, -0.25) is 0 Å². The number of nitrogens with zero attached hydrogens (tertiary/aromatic N) is 1. The Morgan fingerprint density at radius 3 is 2.79 bits per heavy atom. The van der Waals surface area contributed by atoms with Crippen molar-refractivity contribution in [1.82, 2.24) is 10.3 Å². The number of aromatic nitrogens is 1. The summed E-state index contributed by atoms with van der Waals surface area (Å²) in [6.07, 6.45) is 1.83. The number of rotatable bonds is 5. The first kappa shape index (κ1) is 11.9. The zero-order valence-corrected chi connectivity index (χ0v) is 10.4. The molecule has 0 aliphatic rings. The van der Waals surface area contributed by atoms with E-state index in [1.807, 2.05) is 42.2 Å². The molecular formula is C10H16N2S2. The molecule has 78 valence electrons. The van der Waals surface area contributed by atoms with Crippen molar-refractivity contribution in [2.24, 2.45) is 0 Å². The van der Waals surface area contributed by atoms with Crippen molar-refractivity contribution in [3.63, 3.8) is 0 Å². The molecule has 0 aliphatic carbocycles. The molecule has 14 heavy (non-hydrogen) atoms. The van der Waals surface area contributed by atoms with Crippen molar-refractivity contribution in [1.29, 1.82) is 0 Å². The molecule has 0 aromatic carbocycles. The molecule has 0 amide bonds. The van der Waals surface area contributed by atoms with Crippen molar-refractivity contribution >= 4 is 21.6 Å². The molecule has 1 N–H and O–H groups in total. The van der Waals surface area contributed by atoms with Crippen LogP contribution >= 0.6 is 21.6 Å². The molecule has 1 heterocycles. The highest BCUT2D eigenvalue weighted by atomic mass is 33.1. The summed E-state index contributed by atoms with van der Waals surface area (Å²) in [5.41, 5.74) is 0. The van der Waals surface area contributed by atoms with Gasteiger partial charge in [0.2, 0.25) is 0 Å². The Balaban J connectivity index is 2.40. The van der Waals surface area contributed by atoms with Crippen LogP contribution < -0.4 is 5.32 Å². The monoisotopic (exact) mass is 228 g/mol. The second kappa shape index (κ2) is 5.63. The van der Waals surface area contributed by atoms with Crippen molar-refractivity contribution in [3.05, 3.63) is 24.4 Å². The van der Waals surface area contributed by atoms with E-state index in [-0.39, 0.29) is 4.75 Å². The number of pyridine rings is 1. The minimum atomic E-state index is 0.233. The van der Waals surface area contributed by atoms with Crippen LogP contribution in [0.25, 0.3) is 0 Å². The van der Waals surface area contributed by atoms with Gasteiger partial charge in [0.05, 0.1) is 0 Å². The predicted molar refractivity (Wildman–Crippen MR) is 65.7 cm³/mol. The molecule has 0 aliphatic heterocycles. The van der Waals surface area contributed by atoms with Crippen LogP contribution in [0, 0.1) is 0 Å². The topological polar surface area (TPSA) is 24.9 Å². The van der Waals surface area contributed by atoms with E-state index < -0.39 is 0 Å². The Kier molecular flexibility index (Phi) is 4.78. The molecule has 0 saturated heterocycles. The van der Waals surface area contributed by atoms with E-state index in [0.717, 1.165) is 11.6 Å². The summed E-state index contributed by atoms with van der Waals surface area (Å²) >= 11 is 0. The molecular weight excluding hydrogens is 212 g/mol.